The first-order valence-electron chi connectivity index (χ1n) is 7.79. The second-order valence-corrected chi connectivity index (χ2v) is 6.02. The second-order valence-electron chi connectivity index (χ2n) is 6.02. The molecule has 1 unspecified atom stereocenters. The van der Waals surface area contributed by atoms with E-state index < -0.39 is 0 Å². The minimum Gasteiger partial charge on any atom is -0.313 e. The summed E-state index contributed by atoms with van der Waals surface area (Å²) in [5.41, 5.74) is 1.60. The normalized spacial score (nSPS) is 19.7. The number of hydrogen-bond acceptors (Lipinski definition) is 3. The van der Waals surface area contributed by atoms with Crippen molar-refractivity contribution in [3.8, 4) is 0 Å². The van der Waals surface area contributed by atoms with Crippen LogP contribution < -0.4 is 5.32 Å². The molecule has 1 fully saturated rings. The smallest absolute Gasteiger partial charge is 0.0842 e. The maximum atomic E-state index is 4.27. The van der Waals surface area contributed by atoms with Crippen LogP contribution in [0.15, 0.2) is 6.20 Å². The minimum absolute atomic E-state index is 0.479. The van der Waals surface area contributed by atoms with Crippen LogP contribution in [-0.4, -0.2) is 27.6 Å². The Morgan fingerprint density at radius 2 is 2.11 bits per heavy atom. The third-order valence-corrected chi connectivity index (χ3v) is 4.75. The van der Waals surface area contributed by atoms with E-state index in [4.69, 9.17) is 0 Å². The Kier molecular flexibility index (Phi) is 4.97. The van der Waals surface area contributed by atoms with E-state index in [0.29, 0.717) is 11.5 Å². The molecule has 1 aromatic rings. The monoisotopic (exact) mass is 264 g/mol. The summed E-state index contributed by atoms with van der Waals surface area (Å²) >= 11 is 0. The zero-order chi connectivity index (χ0) is 13.7. The molecule has 1 heterocycles. The van der Waals surface area contributed by atoms with Gasteiger partial charge in [0.1, 0.15) is 0 Å². The average molecular weight is 264 g/mol. The van der Waals surface area contributed by atoms with Crippen LogP contribution >= 0.6 is 0 Å². The van der Waals surface area contributed by atoms with Gasteiger partial charge in [0.25, 0.3) is 0 Å². The third-order valence-electron chi connectivity index (χ3n) is 4.75. The Labute approximate surface area is 117 Å². The molecule has 1 aromatic heterocycles. The maximum absolute atomic E-state index is 4.27. The van der Waals surface area contributed by atoms with Gasteiger partial charge in [-0.25, -0.2) is 0 Å². The molecule has 19 heavy (non-hydrogen) atoms. The van der Waals surface area contributed by atoms with Gasteiger partial charge < -0.3 is 5.32 Å². The van der Waals surface area contributed by atoms with Gasteiger partial charge in [0.15, 0.2) is 0 Å². The fourth-order valence-corrected chi connectivity index (χ4v) is 3.55. The molecule has 0 aliphatic heterocycles. The molecule has 1 atom stereocenters. The molecule has 0 radical (unpaired) electrons. The van der Waals surface area contributed by atoms with Gasteiger partial charge in [0.2, 0.25) is 0 Å². The largest absolute Gasteiger partial charge is 0.313 e. The molecule has 4 nitrogen and oxygen atoms in total. The van der Waals surface area contributed by atoms with E-state index >= 15 is 0 Å². The van der Waals surface area contributed by atoms with Crippen LogP contribution in [0.2, 0.25) is 0 Å². The lowest BCUT2D eigenvalue weighted by Crippen LogP contribution is -2.45. The van der Waals surface area contributed by atoms with Crippen molar-refractivity contribution in [3.63, 3.8) is 0 Å². The van der Waals surface area contributed by atoms with E-state index in [-0.39, 0.29) is 0 Å². The summed E-state index contributed by atoms with van der Waals surface area (Å²) in [4.78, 5) is 0. The van der Waals surface area contributed by atoms with Crippen molar-refractivity contribution in [3.05, 3.63) is 11.9 Å². The zero-order valence-electron chi connectivity index (χ0n) is 12.7. The van der Waals surface area contributed by atoms with Gasteiger partial charge >= 0.3 is 0 Å². The lowest BCUT2D eigenvalue weighted by molar-refractivity contribution is 0.183. The van der Waals surface area contributed by atoms with Crippen molar-refractivity contribution in [2.45, 2.75) is 64.8 Å². The topological polar surface area (TPSA) is 42.7 Å². The van der Waals surface area contributed by atoms with Crippen molar-refractivity contribution >= 4 is 0 Å². The second kappa shape index (κ2) is 6.51. The van der Waals surface area contributed by atoms with Crippen LogP contribution in [0.4, 0.5) is 0 Å². The van der Waals surface area contributed by atoms with Crippen LogP contribution in [0, 0.1) is 5.41 Å². The van der Waals surface area contributed by atoms with Gasteiger partial charge in [0, 0.05) is 25.7 Å². The van der Waals surface area contributed by atoms with Gasteiger partial charge in [0.05, 0.1) is 5.69 Å². The maximum Gasteiger partial charge on any atom is 0.0842 e. The Morgan fingerprint density at radius 1 is 1.37 bits per heavy atom. The van der Waals surface area contributed by atoms with E-state index in [9.17, 15) is 0 Å². The number of hydrogen-bond donors (Lipinski definition) is 1. The predicted octanol–water partition coefficient (Wildman–Crippen LogP) is 2.70. The lowest BCUT2D eigenvalue weighted by atomic mass is 9.74. The number of rotatable bonds is 7. The van der Waals surface area contributed by atoms with Gasteiger partial charge in [-0.2, -0.15) is 0 Å². The number of aromatic nitrogens is 3. The quantitative estimate of drug-likeness (QED) is 0.823. The molecule has 1 aliphatic rings. The van der Waals surface area contributed by atoms with E-state index in [1.807, 2.05) is 7.05 Å². The molecule has 4 heteroatoms. The van der Waals surface area contributed by atoms with Gasteiger partial charge in [-0.3, -0.25) is 4.68 Å². The molecule has 1 N–H and O–H groups in total. The molecule has 1 saturated carbocycles. The molecule has 0 bridgehead atoms. The summed E-state index contributed by atoms with van der Waals surface area (Å²) in [5, 5.41) is 12.1. The molecule has 108 valence electrons. The Balaban J connectivity index is 2.10. The van der Waals surface area contributed by atoms with Crippen molar-refractivity contribution in [2.75, 3.05) is 6.54 Å². The van der Waals surface area contributed by atoms with Gasteiger partial charge in [-0.1, -0.05) is 31.9 Å². The van der Waals surface area contributed by atoms with Crippen molar-refractivity contribution < 1.29 is 0 Å². The summed E-state index contributed by atoms with van der Waals surface area (Å²) in [6.45, 7) is 5.69. The first-order valence-corrected chi connectivity index (χ1v) is 7.79. The predicted molar refractivity (Wildman–Crippen MR) is 78.0 cm³/mol. The van der Waals surface area contributed by atoms with Crippen LogP contribution in [0.5, 0.6) is 0 Å². The summed E-state index contributed by atoms with van der Waals surface area (Å²) in [6, 6.07) is 0.552. The highest BCUT2D eigenvalue weighted by Gasteiger charge is 2.39. The standard InChI is InChI=1S/C15H28N4/c1-4-10-16-14(11-13-12-19(3)18-17-13)15(5-2)8-6-7-9-15/h12,14,16H,4-11H2,1-3H3. The van der Waals surface area contributed by atoms with Crippen LogP contribution in [0.1, 0.15) is 58.1 Å². The lowest BCUT2D eigenvalue weighted by Gasteiger charge is -2.37. The van der Waals surface area contributed by atoms with Crippen LogP contribution in [0.25, 0.3) is 0 Å². The summed E-state index contributed by atoms with van der Waals surface area (Å²) in [7, 11) is 1.94. The Morgan fingerprint density at radius 3 is 2.63 bits per heavy atom. The molecule has 0 aromatic carbocycles. The highest BCUT2D eigenvalue weighted by molar-refractivity contribution is 5.03. The first kappa shape index (κ1) is 14.5. The fraction of sp³-hybridized carbons (Fsp3) is 0.867. The molecule has 1 aliphatic carbocycles. The van der Waals surface area contributed by atoms with Crippen LogP contribution in [0.3, 0.4) is 0 Å². The van der Waals surface area contributed by atoms with E-state index in [1.54, 1.807) is 4.68 Å². The highest BCUT2D eigenvalue weighted by atomic mass is 15.4. The Bertz CT molecular complexity index is 379. The van der Waals surface area contributed by atoms with Gasteiger partial charge in [-0.15, -0.1) is 5.10 Å². The summed E-state index contributed by atoms with van der Waals surface area (Å²) in [5.74, 6) is 0. The number of aryl methyl sites for hydroxylation is 1. The molecular weight excluding hydrogens is 236 g/mol. The number of nitrogens with zero attached hydrogens (tertiary/aromatic N) is 3. The van der Waals surface area contributed by atoms with Gasteiger partial charge in [-0.05, 0) is 37.6 Å². The molecule has 0 saturated heterocycles. The van der Waals surface area contributed by atoms with E-state index in [1.165, 1.54) is 38.5 Å². The summed E-state index contributed by atoms with van der Waals surface area (Å²) in [6.07, 6.45) is 11.0. The molecule has 2 rings (SSSR count). The fourth-order valence-electron chi connectivity index (χ4n) is 3.55. The van der Waals surface area contributed by atoms with E-state index in [0.717, 1.165) is 18.7 Å². The Hall–Kier alpha value is -0.900. The number of nitrogens with one attached hydrogen (secondary N) is 1. The van der Waals surface area contributed by atoms with Crippen molar-refractivity contribution in [1.82, 2.24) is 20.3 Å². The molecular formula is C15H28N4. The zero-order valence-corrected chi connectivity index (χ0v) is 12.7. The molecule has 0 spiro atoms. The molecule has 0 amide bonds. The van der Waals surface area contributed by atoms with Crippen molar-refractivity contribution in [1.29, 1.82) is 0 Å². The third kappa shape index (κ3) is 3.35. The van der Waals surface area contributed by atoms with Crippen molar-refractivity contribution in [2.24, 2.45) is 12.5 Å². The average Bonchev–Trinajstić information content (AvgIpc) is 3.04. The van der Waals surface area contributed by atoms with E-state index in [2.05, 4.69) is 35.7 Å². The highest BCUT2D eigenvalue weighted by Crippen LogP contribution is 2.44. The first-order chi connectivity index (χ1) is 9.20. The minimum atomic E-state index is 0.479. The SMILES string of the molecule is CCCNC(Cc1cn(C)nn1)C1(CC)CCCC1. The van der Waals surface area contributed by atoms with Crippen LogP contribution in [-0.2, 0) is 13.5 Å². The summed E-state index contributed by atoms with van der Waals surface area (Å²) < 4.78 is 1.81.